The van der Waals surface area contributed by atoms with Crippen LogP contribution in [0.25, 0.3) is 0 Å². The van der Waals surface area contributed by atoms with Crippen molar-refractivity contribution in [3.05, 3.63) is 46.0 Å². The van der Waals surface area contributed by atoms with Crippen LogP contribution in [0.1, 0.15) is 123 Å². The minimum absolute atomic E-state index is 0.255. The fraction of sp³-hybridized carbons (Fsp3) is 0.545. The first kappa shape index (κ1) is 21.0. The second-order valence-corrected chi connectivity index (χ2v) is 8.40. The van der Waals surface area contributed by atoms with Crippen molar-refractivity contribution in [2.75, 3.05) is 0 Å². The highest BCUT2D eigenvalue weighted by Crippen LogP contribution is 2.28. The molecule has 0 amide bonds. The summed E-state index contributed by atoms with van der Waals surface area (Å²) in [6.07, 6.45) is 0. The van der Waals surface area contributed by atoms with Crippen molar-refractivity contribution in [3.63, 3.8) is 0 Å². The van der Waals surface area contributed by atoms with Crippen LogP contribution >= 0.6 is 0 Å². The zero-order valence-electron chi connectivity index (χ0n) is 17.7. The maximum atomic E-state index is 12.5. The molecule has 0 aliphatic rings. The molecule has 0 unspecified atom stereocenters. The molecule has 0 saturated carbocycles. The number of ether oxygens (including phenoxy) is 1. The predicted molar refractivity (Wildman–Crippen MR) is 108 cm³/mol. The SMILES string of the molecule is CC(C)c1cc(C(=O)OC(=O)c2cc(C(C)C)c(C(C)C)[nH]2)[nH]c1C(C)C. The lowest BCUT2D eigenvalue weighted by Gasteiger charge is -2.09. The Morgan fingerprint density at radius 2 is 1.00 bits per heavy atom. The van der Waals surface area contributed by atoms with Crippen molar-refractivity contribution >= 4 is 11.9 Å². The summed E-state index contributed by atoms with van der Waals surface area (Å²) in [5, 5.41) is 0. The number of hydrogen-bond acceptors (Lipinski definition) is 3. The van der Waals surface area contributed by atoms with E-state index in [1.807, 2.05) is 0 Å². The van der Waals surface area contributed by atoms with E-state index in [1.165, 1.54) is 0 Å². The summed E-state index contributed by atoms with van der Waals surface area (Å²) < 4.78 is 5.14. The minimum atomic E-state index is -0.652. The topological polar surface area (TPSA) is 75.0 Å². The summed E-state index contributed by atoms with van der Waals surface area (Å²) in [7, 11) is 0. The number of H-pyrrole nitrogens is 2. The van der Waals surface area contributed by atoms with Crippen molar-refractivity contribution in [3.8, 4) is 0 Å². The van der Waals surface area contributed by atoms with E-state index >= 15 is 0 Å². The summed E-state index contributed by atoms with van der Waals surface area (Å²) in [6, 6.07) is 3.59. The number of hydrogen-bond donors (Lipinski definition) is 2. The third-order valence-corrected chi connectivity index (χ3v) is 4.78. The fourth-order valence-corrected chi connectivity index (χ4v) is 3.30. The Labute approximate surface area is 161 Å². The van der Waals surface area contributed by atoms with Gasteiger partial charge in [-0.1, -0.05) is 55.4 Å². The molecule has 0 spiro atoms. The number of aromatic nitrogens is 2. The number of esters is 2. The Morgan fingerprint density at radius 1 is 0.667 bits per heavy atom. The van der Waals surface area contributed by atoms with Gasteiger partial charge < -0.3 is 14.7 Å². The van der Waals surface area contributed by atoms with Gasteiger partial charge in [-0.2, -0.15) is 0 Å². The van der Waals surface area contributed by atoms with Gasteiger partial charge in [-0.25, -0.2) is 9.59 Å². The van der Waals surface area contributed by atoms with Crippen LogP contribution in [0, 0.1) is 0 Å². The first-order valence-corrected chi connectivity index (χ1v) is 9.74. The summed E-state index contributed by atoms with van der Waals surface area (Å²) in [4.78, 5) is 31.3. The van der Waals surface area contributed by atoms with E-state index in [-0.39, 0.29) is 23.7 Å². The van der Waals surface area contributed by atoms with Gasteiger partial charge in [0.2, 0.25) is 0 Å². The van der Waals surface area contributed by atoms with Gasteiger partial charge in [0.15, 0.2) is 0 Å². The average molecular weight is 373 g/mol. The quantitative estimate of drug-likeness (QED) is 0.494. The Hall–Kier alpha value is -2.30. The van der Waals surface area contributed by atoms with Crippen LogP contribution in [0.5, 0.6) is 0 Å². The van der Waals surface area contributed by atoms with E-state index < -0.39 is 11.9 Å². The van der Waals surface area contributed by atoms with E-state index in [0.717, 1.165) is 22.5 Å². The molecular formula is C22H32N2O3. The summed E-state index contributed by atoms with van der Waals surface area (Å²) in [5.74, 6) is -0.236. The Balaban J connectivity index is 2.25. The van der Waals surface area contributed by atoms with Gasteiger partial charge >= 0.3 is 11.9 Å². The molecule has 2 aromatic heterocycles. The second kappa shape index (κ2) is 8.15. The molecule has 2 aromatic rings. The molecule has 27 heavy (non-hydrogen) atoms. The minimum Gasteiger partial charge on any atom is -0.384 e. The lowest BCUT2D eigenvalue weighted by molar-refractivity contribution is 0.0390. The summed E-state index contributed by atoms with van der Waals surface area (Å²) in [6.45, 7) is 16.6. The van der Waals surface area contributed by atoms with Gasteiger partial charge in [-0.15, -0.1) is 0 Å². The molecule has 2 heterocycles. The maximum Gasteiger partial charge on any atom is 0.362 e. The van der Waals surface area contributed by atoms with Crippen molar-refractivity contribution in [2.24, 2.45) is 0 Å². The van der Waals surface area contributed by atoms with Crippen LogP contribution in [0.3, 0.4) is 0 Å². The van der Waals surface area contributed by atoms with Crippen LogP contribution in [0.15, 0.2) is 12.1 Å². The maximum absolute atomic E-state index is 12.5. The van der Waals surface area contributed by atoms with Gasteiger partial charge in [-0.3, -0.25) is 0 Å². The standard InChI is InChI=1S/C22H32N2O3/c1-11(2)15-9-17(23-19(15)13(5)6)21(25)27-22(26)18-10-16(12(3)4)20(24-18)14(7)8/h9-14,23-24H,1-8H3. The second-order valence-electron chi connectivity index (χ2n) is 8.40. The van der Waals surface area contributed by atoms with Gasteiger partial charge in [0, 0.05) is 11.4 Å². The van der Waals surface area contributed by atoms with Gasteiger partial charge in [0.1, 0.15) is 11.4 Å². The van der Waals surface area contributed by atoms with Crippen LogP contribution < -0.4 is 0 Å². The highest BCUT2D eigenvalue weighted by molar-refractivity contribution is 6.01. The normalized spacial score (nSPS) is 11.9. The molecule has 0 aliphatic heterocycles. The molecule has 0 bridgehead atoms. The summed E-state index contributed by atoms with van der Waals surface area (Å²) >= 11 is 0. The number of nitrogens with one attached hydrogen (secondary N) is 2. The third kappa shape index (κ3) is 4.52. The zero-order chi connectivity index (χ0) is 20.5. The lowest BCUT2D eigenvalue weighted by atomic mass is 9.98. The fourth-order valence-electron chi connectivity index (χ4n) is 3.30. The molecular weight excluding hydrogens is 340 g/mol. The van der Waals surface area contributed by atoms with Gasteiger partial charge in [0.05, 0.1) is 0 Å². The first-order chi connectivity index (χ1) is 12.5. The van der Waals surface area contributed by atoms with Gasteiger partial charge in [-0.05, 0) is 46.9 Å². The molecule has 0 saturated heterocycles. The monoisotopic (exact) mass is 372 g/mol. The lowest BCUT2D eigenvalue weighted by Crippen LogP contribution is -2.13. The molecule has 2 rings (SSSR count). The van der Waals surface area contributed by atoms with E-state index in [9.17, 15) is 9.59 Å². The van der Waals surface area contributed by atoms with E-state index in [2.05, 4.69) is 65.4 Å². The Kier molecular flexibility index (Phi) is 6.34. The molecule has 5 nitrogen and oxygen atoms in total. The van der Waals surface area contributed by atoms with Crippen LogP contribution in [-0.2, 0) is 4.74 Å². The van der Waals surface area contributed by atoms with Crippen molar-refractivity contribution < 1.29 is 14.3 Å². The number of carbonyl (C=O) groups is 2. The summed E-state index contributed by atoms with van der Waals surface area (Å²) in [5.41, 5.74) is 4.80. The largest absolute Gasteiger partial charge is 0.384 e. The Bertz CT molecular complexity index is 703. The first-order valence-electron chi connectivity index (χ1n) is 9.74. The number of aromatic amines is 2. The highest BCUT2D eigenvalue weighted by atomic mass is 16.6. The molecule has 0 aromatic carbocycles. The highest BCUT2D eigenvalue weighted by Gasteiger charge is 2.24. The predicted octanol–water partition coefficient (Wildman–Crippen LogP) is 5.83. The molecule has 0 aliphatic carbocycles. The smallest absolute Gasteiger partial charge is 0.362 e. The molecule has 148 valence electrons. The van der Waals surface area contributed by atoms with Crippen molar-refractivity contribution in [1.29, 1.82) is 0 Å². The molecule has 2 N–H and O–H groups in total. The van der Waals surface area contributed by atoms with E-state index in [4.69, 9.17) is 4.74 Å². The molecule has 5 heteroatoms. The number of carbonyl (C=O) groups excluding carboxylic acids is 2. The zero-order valence-corrected chi connectivity index (χ0v) is 17.7. The number of rotatable bonds is 6. The molecule has 0 radical (unpaired) electrons. The van der Waals surface area contributed by atoms with Crippen LogP contribution in [0.2, 0.25) is 0 Å². The van der Waals surface area contributed by atoms with Crippen LogP contribution in [-0.4, -0.2) is 21.9 Å². The van der Waals surface area contributed by atoms with E-state index in [1.54, 1.807) is 12.1 Å². The van der Waals surface area contributed by atoms with Crippen molar-refractivity contribution in [2.45, 2.75) is 79.1 Å². The van der Waals surface area contributed by atoms with E-state index in [0.29, 0.717) is 11.4 Å². The van der Waals surface area contributed by atoms with Gasteiger partial charge in [0.25, 0.3) is 0 Å². The third-order valence-electron chi connectivity index (χ3n) is 4.78. The van der Waals surface area contributed by atoms with Crippen LogP contribution in [0.4, 0.5) is 0 Å². The van der Waals surface area contributed by atoms with Crippen molar-refractivity contribution in [1.82, 2.24) is 9.97 Å². The Morgan fingerprint density at radius 3 is 1.22 bits per heavy atom. The average Bonchev–Trinajstić information content (AvgIpc) is 3.19. The molecule has 0 fully saturated rings. The molecule has 0 atom stereocenters.